The van der Waals surface area contributed by atoms with Crippen LogP contribution in [0.3, 0.4) is 0 Å². The van der Waals surface area contributed by atoms with Crippen molar-refractivity contribution in [2.24, 2.45) is 11.8 Å². The molecule has 3 rings (SSSR count). The molecule has 1 fully saturated rings. The van der Waals surface area contributed by atoms with Crippen molar-refractivity contribution < 1.29 is 9.53 Å². The second-order valence-corrected chi connectivity index (χ2v) is 9.52. The van der Waals surface area contributed by atoms with Crippen molar-refractivity contribution in [3.05, 3.63) is 64.7 Å². The van der Waals surface area contributed by atoms with E-state index in [9.17, 15) is 10.1 Å². The van der Waals surface area contributed by atoms with E-state index in [1.807, 2.05) is 24.3 Å². The van der Waals surface area contributed by atoms with Crippen molar-refractivity contribution in [1.29, 1.82) is 5.26 Å². The molecule has 1 unspecified atom stereocenters. The molecule has 1 atom stereocenters. The number of unbranched alkanes of at least 4 members (excludes halogenated alkanes) is 1. The molecule has 3 heteroatoms. The fourth-order valence-corrected chi connectivity index (χ4v) is 4.81. The number of ether oxygens (including phenoxy) is 1. The van der Waals surface area contributed by atoms with Crippen LogP contribution in [0.5, 0.6) is 5.75 Å². The standard InChI is InChI=1S/C29H37NO2/c1-4-6-7-22-10-17-28(27(19-22)20-30)32-29(31)26-15-13-25(14-16-26)24-11-8-23(9-12-24)18-21(3)5-2/h10,13-17,19,21,23-24H,4-9,11-12,18H2,1-3H3. The Hall–Kier alpha value is -2.60. The Morgan fingerprint density at radius 2 is 1.81 bits per heavy atom. The number of rotatable bonds is 9. The van der Waals surface area contributed by atoms with Gasteiger partial charge in [-0.15, -0.1) is 0 Å². The molecule has 0 radical (unpaired) electrons. The predicted molar refractivity (Wildman–Crippen MR) is 130 cm³/mol. The van der Waals surface area contributed by atoms with Gasteiger partial charge in [-0.05, 0) is 98.1 Å². The molecule has 3 nitrogen and oxygen atoms in total. The SMILES string of the molecule is CCCCc1ccc(OC(=O)c2ccc(C3CCC(CC(C)CC)CC3)cc2)c(C#N)c1. The van der Waals surface area contributed by atoms with Crippen LogP contribution in [0.2, 0.25) is 0 Å². The summed E-state index contributed by atoms with van der Waals surface area (Å²) in [6, 6.07) is 15.6. The quantitative estimate of drug-likeness (QED) is 0.300. The first-order chi connectivity index (χ1) is 15.5. The summed E-state index contributed by atoms with van der Waals surface area (Å²) in [5.74, 6) is 2.22. The van der Waals surface area contributed by atoms with Crippen LogP contribution in [0.25, 0.3) is 0 Å². The summed E-state index contributed by atoms with van der Waals surface area (Å²) >= 11 is 0. The molecule has 0 heterocycles. The lowest BCUT2D eigenvalue weighted by Crippen LogP contribution is -2.16. The lowest BCUT2D eigenvalue weighted by atomic mass is 9.75. The van der Waals surface area contributed by atoms with Crippen LogP contribution in [0, 0.1) is 23.2 Å². The highest BCUT2D eigenvalue weighted by Gasteiger charge is 2.23. The van der Waals surface area contributed by atoms with Gasteiger partial charge in [0.15, 0.2) is 0 Å². The van der Waals surface area contributed by atoms with E-state index >= 15 is 0 Å². The monoisotopic (exact) mass is 431 g/mol. The second-order valence-electron chi connectivity index (χ2n) is 9.52. The number of esters is 1. The van der Waals surface area contributed by atoms with Crippen LogP contribution in [0.1, 0.15) is 105 Å². The van der Waals surface area contributed by atoms with E-state index in [2.05, 4.69) is 39.0 Å². The lowest BCUT2D eigenvalue weighted by molar-refractivity contribution is 0.0734. The first kappa shape index (κ1) is 24.1. The molecule has 0 aliphatic heterocycles. The van der Waals surface area contributed by atoms with Gasteiger partial charge in [0, 0.05) is 0 Å². The average molecular weight is 432 g/mol. The number of nitriles is 1. The van der Waals surface area contributed by atoms with E-state index in [4.69, 9.17) is 4.74 Å². The van der Waals surface area contributed by atoms with E-state index < -0.39 is 5.97 Å². The maximum absolute atomic E-state index is 12.7. The van der Waals surface area contributed by atoms with Gasteiger partial charge in [0.2, 0.25) is 0 Å². The topological polar surface area (TPSA) is 50.1 Å². The summed E-state index contributed by atoms with van der Waals surface area (Å²) in [7, 11) is 0. The van der Waals surface area contributed by atoms with Crippen LogP contribution in [-0.2, 0) is 6.42 Å². The smallest absolute Gasteiger partial charge is 0.343 e. The Labute approximate surface area is 193 Å². The Morgan fingerprint density at radius 1 is 1.09 bits per heavy atom. The summed E-state index contributed by atoms with van der Waals surface area (Å²) in [6.07, 6.45) is 10.8. The fourth-order valence-electron chi connectivity index (χ4n) is 4.81. The summed E-state index contributed by atoms with van der Waals surface area (Å²) in [4.78, 5) is 12.7. The minimum Gasteiger partial charge on any atom is -0.422 e. The third-order valence-electron chi connectivity index (χ3n) is 7.08. The van der Waals surface area contributed by atoms with Crippen molar-refractivity contribution in [3.63, 3.8) is 0 Å². The first-order valence-electron chi connectivity index (χ1n) is 12.4. The Kier molecular flexibility index (Phi) is 8.91. The average Bonchev–Trinajstić information content (AvgIpc) is 2.83. The van der Waals surface area contributed by atoms with Crippen molar-refractivity contribution in [3.8, 4) is 11.8 Å². The van der Waals surface area contributed by atoms with E-state index in [0.717, 1.165) is 36.7 Å². The van der Waals surface area contributed by atoms with Gasteiger partial charge < -0.3 is 4.74 Å². The van der Waals surface area contributed by atoms with Crippen molar-refractivity contribution >= 4 is 5.97 Å². The van der Waals surface area contributed by atoms with Crippen molar-refractivity contribution in [2.45, 2.75) is 84.5 Å². The molecule has 2 aromatic carbocycles. The largest absolute Gasteiger partial charge is 0.422 e. The van der Waals surface area contributed by atoms with Crippen LogP contribution in [0.15, 0.2) is 42.5 Å². The van der Waals surface area contributed by atoms with Crippen LogP contribution < -0.4 is 4.74 Å². The van der Waals surface area contributed by atoms with E-state index in [1.54, 1.807) is 6.07 Å². The van der Waals surface area contributed by atoms with Crippen molar-refractivity contribution in [2.75, 3.05) is 0 Å². The van der Waals surface area contributed by atoms with Gasteiger partial charge in [-0.3, -0.25) is 0 Å². The number of hydrogen-bond donors (Lipinski definition) is 0. The van der Waals surface area contributed by atoms with Gasteiger partial charge in [-0.2, -0.15) is 5.26 Å². The van der Waals surface area contributed by atoms with Crippen LogP contribution in [0.4, 0.5) is 0 Å². The third kappa shape index (κ3) is 6.45. The van der Waals surface area contributed by atoms with Crippen molar-refractivity contribution in [1.82, 2.24) is 0 Å². The predicted octanol–water partition coefficient (Wildman–Crippen LogP) is 7.83. The fraction of sp³-hybridized carbons (Fsp3) is 0.517. The molecule has 1 aliphatic carbocycles. The summed E-state index contributed by atoms with van der Waals surface area (Å²) in [5.41, 5.74) is 3.36. The molecule has 0 bridgehead atoms. The normalized spacial score (nSPS) is 19.2. The lowest BCUT2D eigenvalue weighted by Gasteiger charge is -2.30. The Balaban J connectivity index is 1.58. The molecule has 0 amide bonds. The van der Waals surface area contributed by atoms with Gasteiger partial charge >= 0.3 is 5.97 Å². The molecular formula is C29H37NO2. The summed E-state index contributed by atoms with van der Waals surface area (Å²) in [6.45, 7) is 6.79. The number of nitrogens with zero attached hydrogens (tertiary/aromatic N) is 1. The highest BCUT2D eigenvalue weighted by Crippen LogP contribution is 2.38. The molecular weight excluding hydrogens is 394 g/mol. The van der Waals surface area contributed by atoms with Gasteiger partial charge in [0.1, 0.15) is 11.8 Å². The van der Waals surface area contributed by atoms with E-state index in [-0.39, 0.29) is 0 Å². The summed E-state index contributed by atoms with van der Waals surface area (Å²) < 4.78 is 5.57. The number of aryl methyl sites for hydroxylation is 1. The number of hydrogen-bond acceptors (Lipinski definition) is 3. The maximum Gasteiger partial charge on any atom is 0.343 e. The number of carbonyl (C=O) groups excluding carboxylic acids is 1. The van der Waals surface area contributed by atoms with E-state index in [1.165, 1.54) is 44.1 Å². The van der Waals surface area contributed by atoms with Crippen LogP contribution >= 0.6 is 0 Å². The third-order valence-corrected chi connectivity index (χ3v) is 7.08. The van der Waals surface area contributed by atoms with Gasteiger partial charge in [-0.25, -0.2) is 4.79 Å². The molecule has 170 valence electrons. The highest BCUT2D eigenvalue weighted by atomic mass is 16.5. The van der Waals surface area contributed by atoms with Gasteiger partial charge in [0.05, 0.1) is 11.1 Å². The Morgan fingerprint density at radius 3 is 2.44 bits per heavy atom. The molecule has 1 saturated carbocycles. The Bertz CT molecular complexity index is 917. The second kappa shape index (κ2) is 11.9. The van der Waals surface area contributed by atoms with Gasteiger partial charge in [0.25, 0.3) is 0 Å². The molecule has 0 aromatic heterocycles. The molecule has 0 saturated heterocycles. The zero-order valence-electron chi connectivity index (χ0n) is 19.9. The highest BCUT2D eigenvalue weighted by molar-refractivity contribution is 5.91. The molecule has 1 aliphatic rings. The van der Waals surface area contributed by atoms with E-state index in [0.29, 0.717) is 22.8 Å². The zero-order valence-corrected chi connectivity index (χ0v) is 19.9. The number of carbonyl (C=O) groups is 1. The minimum absolute atomic E-state index is 0.335. The number of benzene rings is 2. The minimum atomic E-state index is -0.411. The summed E-state index contributed by atoms with van der Waals surface area (Å²) in [5, 5.41) is 9.47. The molecule has 0 spiro atoms. The molecule has 32 heavy (non-hydrogen) atoms. The first-order valence-corrected chi connectivity index (χ1v) is 12.4. The zero-order chi connectivity index (χ0) is 22.9. The maximum atomic E-state index is 12.7. The molecule has 2 aromatic rings. The molecule has 0 N–H and O–H groups in total. The van der Waals surface area contributed by atoms with Crippen LogP contribution in [-0.4, -0.2) is 5.97 Å². The van der Waals surface area contributed by atoms with Gasteiger partial charge in [-0.1, -0.05) is 51.8 Å².